The summed E-state index contributed by atoms with van der Waals surface area (Å²) in [5.41, 5.74) is 6.45. The summed E-state index contributed by atoms with van der Waals surface area (Å²) in [4.78, 5) is 15.2. The number of pyridine rings is 1. The van der Waals surface area contributed by atoms with E-state index in [1.165, 1.54) is 12.3 Å². The highest BCUT2D eigenvalue weighted by Crippen LogP contribution is 2.24. The number of amides is 1. The standard InChI is InChI=1S/C16H17Cl2N3O2/c1-2-23-14-4-3-12(17)7-10(14)5-6-20-16-13(18)8-11(9-21-16)15(19)22/h3-4,7-9H,2,5-6H2,1H3,(H2,19,22)(H,20,21). The number of ether oxygens (including phenoxy) is 1. The highest BCUT2D eigenvalue weighted by Gasteiger charge is 2.08. The van der Waals surface area contributed by atoms with Gasteiger partial charge in [0.15, 0.2) is 0 Å². The second-order valence-electron chi connectivity index (χ2n) is 4.78. The predicted molar refractivity (Wildman–Crippen MR) is 92.6 cm³/mol. The maximum atomic E-state index is 11.1. The summed E-state index contributed by atoms with van der Waals surface area (Å²) in [6, 6.07) is 7.02. The van der Waals surface area contributed by atoms with Gasteiger partial charge in [-0.15, -0.1) is 0 Å². The first-order chi connectivity index (χ1) is 11.0. The Labute approximate surface area is 144 Å². The second kappa shape index (κ2) is 8.04. The number of halogens is 2. The molecule has 2 aromatic rings. The zero-order chi connectivity index (χ0) is 16.8. The lowest BCUT2D eigenvalue weighted by Gasteiger charge is -2.12. The van der Waals surface area contributed by atoms with Crippen LogP contribution >= 0.6 is 23.2 Å². The molecule has 0 aliphatic heterocycles. The monoisotopic (exact) mass is 353 g/mol. The van der Waals surface area contributed by atoms with Gasteiger partial charge in [-0.3, -0.25) is 4.79 Å². The average molecular weight is 354 g/mol. The molecule has 1 aromatic carbocycles. The number of carbonyl (C=O) groups is 1. The minimum Gasteiger partial charge on any atom is -0.494 e. The van der Waals surface area contributed by atoms with Crippen molar-refractivity contribution in [2.75, 3.05) is 18.5 Å². The van der Waals surface area contributed by atoms with Crippen molar-refractivity contribution in [3.8, 4) is 5.75 Å². The van der Waals surface area contributed by atoms with Crippen LogP contribution in [-0.4, -0.2) is 24.0 Å². The van der Waals surface area contributed by atoms with Crippen molar-refractivity contribution in [1.82, 2.24) is 4.98 Å². The Morgan fingerprint density at radius 3 is 2.78 bits per heavy atom. The molecule has 0 saturated heterocycles. The zero-order valence-electron chi connectivity index (χ0n) is 12.6. The molecule has 1 heterocycles. The number of nitrogens with zero attached hydrogens (tertiary/aromatic N) is 1. The van der Waals surface area contributed by atoms with E-state index in [1.807, 2.05) is 19.1 Å². The van der Waals surface area contributed by atoms with Crippen molar-refractivity contribution in [3.05, 3.63) is 51.6 Å². The van der Waals surface area contributed by atoms with Gasteiger partial charge in [-0.1, -0.05) is 23.2 Å². The Hall–Kier alpha value is -1.98. The smallest absolute Gasteiger partial charge is 0.250 e. The Balaban J connectivity index is 2.02. The molecule has 0 aliphatic rings. The number of benzene rings is 1. The summed E-state index contributed by atoms with van der Waals surface area (Å²) >= 11 is 12.1. The van der Waals surface area contributed by atoms with E-state index in [1.54, 1.807) is 6.07 Å². The Morgan fingerprint density at radius 2 is 2.13 bits per heavy atom. The third kappa shape index (κ3) is 4.74. The number of anilines is 1. The molecule has 0 bridgehead atoms. The predicted octanol–water partition coefficient (Wildman–Crippen LogP) is 3.54. The minimum atomic E-state index is -0.564. The van der Waals surface area contributed by atoms with Crippen LogP contribution < -0.4 is 15.8 Å². The van der Waals surface area contributed by atoms with Crippen LogP contribution in [0, 0.1) is 0 Å². The van der Waals surface area contributed by atoms with Crippen molar-refractivity contribution in [1.29, 1.82) is 0 Å². The molecule has 23 heavy (non-hydrogen) atoms. The number of nitrogens with one attached hydrogen (secondary N) is 1. The van der Waals surface area contributed by atoms with Gasteiger partial charge < -0.3 is 15.8 Å². The Morgan fingerprint density at radius 1 is 1.35 bits per heavy atom. The summed E-state index contributed by atoms with van der Waals surface area (Å²) in [6.45, 7) is 3.10. The van der Waals surface area contributed by atoms with Gasteiger partial charge in [0.05, 0.1) is 17.2 Å². The summed E-state index contributed by atoms with van der Waals surface area (Å²) in [7, 11) is 0. The fraction of sp³-hybridized carbons (Fsp3) is 0.250. The van der Waals surface area contributed by atoms with Crippen LogP contribution in [0.15, 0.2) is 30.5 Å². The summed E-state index contributed by atoms with van der Waals surface area (Å²) < 4.78 is 5.58. The molecular formula is C16H17Cl2N3O2. The van der Waals surface area contributed by atoms with E-state index < -0.39 is 5.91 Å². The number of carbonyl (C=O) groups excluding carboxylic acids is 1. The highest BCUT2D eigenvalue weighted by atomic mass is 35.5. The van der Waals surface area contributed by atoms with Gasteiger partial charge in [-0.25, -0.2) is 4.98 Å². The summed E-state index contributed by atoms with van der Waals surface area (Å²) in [5, 5.41) is 4.13. The average Bonchev–Trinajstić information content (AvgIpc) is 2.51. The lowest BCUT2D eigenvalue weighted by molar-refractivity contribution is 0.1000. The summed E-state index contributed by atoms with van der Waals surface area (Å²) in [6.07, 6.45) is 2.08. The van der Waals surface area contributed by atoms with Crippen LogP contribution in [0.25, 0.3) is 0 Å². The van der Waals surface area contributed by atoms with Gasteiger partial charge in [-0.05, 0) is 43.2 Å². The molecule has 1 aromatic heterocycles. The van der Waals surface area contributed by atoms with Crippen LogP contribution in [0.2, 0.25) is 10.0 Å². The molecule has 7 heteroatoms. The third-order valence-electron chi connectivity index (χ3n) is 3.13. The van der Waals surface area contributed by atoms with E-state index in [0.717, 1.165) is 11.3 Å². The zero-order valence-corrected chi connectivity index (χ0v) is 14.1. The fourth-order valence-corrected chi connectivity index (χ4v) is 2.49. The molecule has 0 fully saturated rings. The molecule has 2 rings (SSSR count). The lowest BCUT2D eigenvalue weighted by Crippen LogP contribution is -2.13. The first-order valence-electron chi connectivity index (χ1n) is 7.11. The molecule has 0 saturated carbocycles. The Bertz CT molecular complexity index is 708. The topological polar surface area (TPSA) is 77.2 Å². The SMILES string of the molecule is CCOc1ccc(Cl)cc1CCNc1ncc(C(N)=O)cc1Cl. The van der Waals surface area contributed by atoms with Crippen molar-refractivity contribution in [2.45, 2.75) is 13.3 Å². The van der Waals surface area contributed by atoms with Crippen LogP contribution in [0.4, 0.5) is 5.82 Å². The van der Waals surface area contributed by atoms with Crippen molar-refractivity contribution >= 4 is 34.9 Å². The molecular weight excluding hydrogens is 337 g/mol. The van der Waals surface area contributed by atoms with E-state index in [9.17, 15) is 4.79 Å². The maximum absolute atomic E-state index is 11.1. The number of rotatable bonds is 7. The molecule has 0 spiro atoms. The van der Waals surface area contributed by atoms with Gasteiger partial charge in [0.1, 0.15) is 11.6 Å². The molecule has 0 aliphatic carbocycles. The van der Waals surface area contributed by atoms with E-state index >= 15 is 0 Å². The first kappa shape index (κ1) is 17.4. The van der Waals surface area contributed by atoms with E-state index in [2.05, 4.69) is 10.3 Å². The third-order valence-corrected chi connectivity index (χ3v) is 3.66. The normalized spacial score (nSPS) is 10.4. The molecule has 3 N–H and O–H groups in total. The maximum Gasteiger partial charge on any atom is 0.250 e. The van der Waals surface area contributed by atoms with Gasteiger partial charge >= 0.3 is 0 Å². The molecule has 0 radical (unpaired) electrons. The quantitative estimate of drug-likeness (QED) is 0.797. The largest absolute Gasteiger partial charge is 0.494 e. The van der Waals surface area contributed by atoms with E-state index in [-0.39, 0.29) is 5.56 Å². The van der Waals surface area contributed by atoms with Crippen LogP contribution in [0.5, 0.6) is 5.75 Å². The number of aromatic nitrogens is 1. The van der Waals surface area contributed by atoms with Gasteiger partial charge in [-0.2, -0.15) is 0 Å². The van der Waals surface area contributed by atoms with E-state index in [4.69, 9.17) is 33.7 Å². The van der Waals surface area contributed by atoms with Gasteiger partial charge in [0, 0.05) is 17.8 Å². The second-order valence-corrected chi connectivity index (χ2v) is 5.62. The summed E-state index contributed by atoms with van der Waals surface area (Å²) in [5.74, 6) is 0.740. The molecule has 122 valence electrons. The number of nitrogens with two attached hydrogens (primary N) is 1. The molecule has 0 unspecified atom stereocenters. The minimum absolute atomic E-state index is 0.272. The lowest BCUT2D eigenvalue weighted by atomic mass is 10.1. The Kier molecular flexibility index (Phi) is 6.07. The number of primary amides is 1. The molecule has 0 atom stereocenters. The van der Waals surface area contributed by atoms with Gasteiger partial charge in [0.25, 0.3) is 0 Å². The van der Waals surface area contributed by atoms with Crippen molar-refractivity contribution < 1.29 is 9.53 Å². The highest BCUT2D eigenvalue weighted by molar-refractivity contribution is 6.33. The first-order valence-corrected chi connectivity index (χ1v) is 7.87. The van der Waals surface area contributed by atoms with Crippen LogP contribution in [0.1, 0.15) is 22.8 Å². The van der Waals surface area contributed by atoms with Crippen LogP contribution in [-0.2, 0) is 6.42 Å². The van der Waals surface area contributed by atoms with Crippen LogP contribution in [0.3, 0.4) is 0 Å². The van der Waals surface area contributed by atoms with Crippen molar-refractivity contribution in [2.24, 2.45) is 5.73 Å². The fourth-order valence-electron chi connectivity index (χ4n) is 2.06. The number of hydrogen-bond acceptors (Lipinski definition) is 4. The van der Waals surface area contributed by atoms with E-state index in [0.29, 0.717) is 35.4 Å². The van der Waals surface area contributed by atoms with Crippen molar-refractivity contribution in [3.63, 3.8) is 0 Å². The van der Waals surface area contributed by atoms with Gasteiger partial charge in [0.2, 0.25) is 5.91 Å². The molecule has 5 nitrogen and oxygen atoms in total. The number of hydrogen-bond donors (Lipinski definition) is 2. The molecule has 1 amide bonds.